The number of carbonyl (C=O) groups is 2. The monoisotopic (exact) mass is 479 g/mol. The van der Waals surface area contributed by atoms with Crippen LogP contribution in [0.3, 0.4) is 0 Å². The maximum absolute atomic E-state index is 12.9. The van der Waals surface area contributed by atoms with E-state index in [1.165, 1.54) is 19.2 Å². The normalized spacial score (nSPS) is 15.7. The van der Waals surface area contributed by atoms with Gasteiger partial charge in [0.05, 0.1) is 24.3 Å². The van der Waals surface area contributed by atoms with E-state index in [0.29, 0.717) is 30.1 Å². The molecule has 1 aliphatic carbocycles. The van der Waals surface area contributed by atoms with Gasteiger partial charge in [-0.1, -0.05) is 11.6 Å². The molecular weight excluding hydrogens is 446 g/mol. The predicted molar refractivity (Wildman–Crippen MR) is 133 cm³/mol. The molecule has 0 radical (unpaired) electrons. The average Bonchev–Trinajstić information content (AvgIpc) is 3.60. The Morgan fingerprint density at radius 1 is 1.20 bits per heavy atom. The van der Waals surface area contributed by atoms with Gasteiger partial charge in [0, 0.05) is 17.8 Å². The molecule has 1 aromatic carbocycles. The molecule has 2 aromatic heterocycles. The molecule has 186 valence electrons. The van der Waals surface area contributed by atoms with Crippen LogP contribution in [0.25, 0.3) is 22.3 Å². The van der Waals surface area contributed by atoms with Crippen LogP contribution in [-0.4, -0.2) is 59.7 Å². The largest absolute Gasteiger partial charge is 0.493 e. The minimum absolute atomic E-state index is 0.0905. The molecule has 1 saturated heterocycles. The van der Waals surface area contributed by atoms with Gasteiger partial charge in [-0.3, -0.25) is 9.59 Å². The van der Waals surface area contributed by atoms with Crippen molar-refractivity contribution < 1.29 is 19.1 Å². The molecule has 1 amide bonds. The third-order valence-corrected chi connectivity index (χ3v) is 6.18. The van der Waals surface area contributed by atoms with Crippen molar-refractivity contribution >= 4 is 23.4 Å². The van der Waals surface area contributed by atoms with Crippen molar-refractivity contribution in [1.29, 1.82) is 0 Å². The van der Waals surface area contributed by atoms with E-state index in [-0.39, 0.29) is 11.9 Å². The number of nitrogens with zero attached hydrogens (tertiary/aromatic N) is 2. The van der Waals surface area contributed by atoms with E-state index in [4.69, 9.17) is 4.74 Å². The van der Waals surface area contributed by atoms with Crippen molar-refractivity contribution in [1.82, 2.24) is 25.6 Å². The topological polar surface area (TPSA) is 118 Å². The first-order valence-corrected chi connectivity index (χ1v) is 12.2. The molecule has 2 aliphatic rings. The molecule has 3 N–H and O–H groups in total. The van der Waals surface area contributed by atoms with E-state index in [1.807, 2.05) is 6.07 Å². The molecule has 35 heavy (non-hydrogen) atoms. The van der Waals surface area contributed by atoms with Crippen LogP contribution in [0.4, 0.5) is 0 Å². The molecule has 5 rings (SSSR count). The van der Waals surface area contributed by atoms with Crippen molar-refractivity contribution in [3.63, 3.8) is 0 Å². The molecule has 3 heterocycles. The van der Waals surface area contributed by atoms with Gasteiger partial charge in [-0.15, -0.1) is 0 Å². The Labute approximate surface area is 205 Å². The van der Waals surface area contributed by atoms with Crippen molar-refractivity contribution in [3.8, 4) is 17.0 Å². The number of aryl methyl sites for hydroxylation is 1. The van der Waals surface area contributed by atoms with Crippen LogP contribution < -0.4 is 15.4 Å². The first-order chi connectivity index (χ1) is 17.1. The van der Waals surface area contributed by atoms with Crippen molar-refractivity contribution in [2.24, 2.45) is 5.92 Å². The summed E-state index contributed by atoms with van der Waals surface area (Å²) in [5, 5.41) is 6.47. The number of aromatic nitrogens is 3. The minimum Gasteiger partial charge on any atom is -0.493 e. The molecule has 9 nitrogen and oxygen atoms in total. The molecule has 2 fully saturated rings. The second kappa shape index (κ2) is 11.8. The lowest BCUT2D eigenvalue weighted by atomic mass is 10.0. The van der Waals surface area contributed by atoms with Gasteiger partial charge >= 0.3 is 0 Å². The molecule has 0 spiro atoms. The van der Waals surface area contributed by atoms with Crippen LogP contribution in [0.15, 0.2) is 30.7 Å². The number of hydrogen-bond acceptors (Lipinski definition) is 7. The number of fused-ring (bicyclic) bond motifs is 1. The van der Waals surface area contributed by atoms with E-state index in [2.05, 4.69) is 49.4 Å². The number of H-pyrrole nitrogens is 1. The molecule has 1 aliphatic heterocycles. The van der Waals surface area contributed by atoms with Gasteiger partial charge in [0.1, 0.15) is 23.3 Å². The van der Waals surface area contributed by atoms with E-state index in [9.17, 15) is 9.59 Å². The molecular formula is C26H33N5O4. The van der Waals surface area contributed by atoms with Gasteiger partial charge in [0.25, 0.3) is 12.4 Å². The number of nitrogens with one attached hydrogen (secondary N) is 3. The van der Waals surface area contributed by atoms with Gasteiger partial charge in [-0.2, -0.15) is 0 Å². The summed E-state index contributed by atoms with van der Waals surface area (Å²) in [4.78, 5) is 34.3. The van der Waals surface area contributed by atoms with Crippen molar-refractivity contribution in [2.75, 3.05) is 26.3 Å². The Morgan fingerprint density at radius 2 is 2.00 bits per heavy atom. The molecule has 1 saturated carbocycles. The Hall–Kier alpha value is -3.46. The summed E-state index contributed by atoms with van der Waals surface area (Å²) in [6.07, 6.45) is 7.63. The van der Waals surface area contributed by atoms with Gasteiger partial charge in [-0.25, -0.2) is 9.97 Å². The Morgan fingerprint density at radius 3 is 2.69 bits per heavy atom. The third-order valence-electron chi connectivity index (χ3n) is 6.18. The molecule has 0 unspecified atom stereocenters. The number of rotatable bonds is 8. The summed E-state index contributed by atoms with van der Waals surface area (Å²) in [6.45, 7) is 7.32. The zero-order valence-electron chi connectivity index (χ0n) is 20.3. The fourth-order valence-corrected chi connectivity index (χ4v) is 4.06. The van der Waals surface area contributed by atoms with Crippen LogP contribution >= 0.6 is 0 Å². The van der Waals surface area contributed by atoms with Crippen LogP contribution in [0.5, 0.6) is 5.75 Å². The summed E-state index contributed by atoms with van der Waals surface area (Å²) in [7, 11) is 0. The lowest BCUT2D eigenvalue weighted by molar-refractivity contribution is -0.128. The maximum Gasteiger partial charge on any atom is 0.293 e. The van der Waals surface area contributed by atoms with Crippen LogP contribution in [0.1, 0.15) is 48.5 Å². The number of hydrogen-bond donors (Lipinski definition) is 3. The van der Waals surface area contributed by atoms with Gasteiger partial charge in [-0.05, 0) is 70.7 Å². The molecule has 3 aromatic rings. The Balaban J connectivity index is 0.000000527. The second-order valence-corrected chi connectivity index (χ2v) is 8.95. The fourth-order valence-electron chi connectivity index (χ4n) is 4.06. The number of piperidine rings is 1. The lowest BCUT2D eigenvalue weighted by Crippen LogP contribution is -2.42. The van der Waals surface area contributed by atoms with Crippen LogP contribution in [-0.2, 0) is 9.53 Å². The highest BCUT2D eigenvalue weighted by molar-refractivity contribution is 6.07. The van der Waals surface area contributed by atoms with Crippen molar-refractivity contribution in [3.05, 3.63) is 41.9 Å². The summed E-state index contributed by atoms with van der Waals surface area (Å²) in [6, 6.07) is 6.34. The first kappa shape index (κ1) is 24.7. The van der Waals surface area contributed by atoms with Gasteiger partial charge in [0.15, 0.2) is 0 Å². The fraction of sp³-hybridized carbons (Fsp3) is 0.462. The zero-order valence-corrected chi connectivity index (χ0v) is 20.3. The summed E-state index contributed by atoms with van der Waals surface area (Å²) in [5.41, 5.74) is 4.77. The van der Waals surface area contributed by atoms with E-state index < -0.39 is 0 Å². The summed E-state index contributed by atoms with van der Waals surface area (Å²) >= 11 is 0. The highest BCUT2D eigenvalue weighted by Crippen LogP contribution is 2.36. The van der Waals surface area contributed by atoms with Gasteiger partial charge in [0.2, 0.25) is 0 Å². The summed E-state index contributed by atoms with van der Waals surface area (Å²) < 4.78 is 10.3. The number of carbonyl (C=O) groups excluding carboxylic acids is 2. The molecule has 0 atom stereocenters. The quantitative estimate of drug-likeness (QED) is 0.424. The van der Waals surface area contributed by atoms with E-state index >= 15 is 0 Å². The maximum atomic E-state index is 12.9. The third kappa shape index (κ3) is 6.36. The highest BCUT2D eigenvalue weighted by Gasteiger charge is 2.24. The van der Waals surface area contributed by atoms with E-state index in [0.717, 1.165) is 60.6 Å². The highest BCUT2D eigenvalue weighted by atomic mass is 16.5. The zero-order chi connectivity index (χ0) is 24.6. The molecule has 9 heteroatoms. The van der Waals surface area contributed by atoms with E-state index in [1.54, 1.807) is 13.1 Å². The van der Waals surface area contributed by atoms with Crippen LogP contribution in [0.2, 0.25) is 0 Å². The number of aromatic amines is 1. The first-order valence-electron chi connectivity index (χ1n) is 12.2. The lowest BCUT2D eigenvalue weighted by Gasteiger charge is -2.23. The predicted octanol–water partition coefficient (Wildman–Crippen LogP) is 3.38. The SMILES string of the molecule is CCOC=O.Cc1ccc(OCC2CC2)c(-c2ncnc3c(C(=O)NC4CCNCC4)c[nH]c23)c1. The standard InChI is InChI=1S/C23H27N5O2.C3H6O2/c1-14-2-5-19(30-12-15-3-4-15)17(10-14)20-22-21(27-13-26-20)18(11-25-22)23(29)28-16-6-8-24-9-7-16;1-2-5-3-4/h2,5,10-11,13,15-16,24-25H,3-4,6-9,12H2,1H3,(H,28,29);3H,2H2,1H3. The number of ether oxygens (including phenoxy) is 2. The van der Waals surface area contributed by atoms with Gasteiger partial charge < -0.3 is 25.1 Å². The smallest absolute Gasteiger partial charge is 0.293 e. The minimum atomic E-state index is -0.0905. The number of benzene rings is 1. The second-order valence-electron chi connectivity index (χ2n) is 8.95. The molecule has 0 bridgehead atoms. The average molecular weight is 480 g/mol. The van der Waals surface area contributed by atoms with Crippen LogP contribution in [0, 0.1) is 12.8 Å². The van der Waals surface area contributed by atoms with Crippen molar-refractivity contribution in [2.45, 2.75) is 45.6 Å². The number of amides is 1. The Bertz CT molecular complexity index is 1150. The Kier molecular flexibility index (Phi) is 8.31. The summed E-state index contributed by atoms with van der Waals surface area (Å²) in [5.74, 6) is 1.40.